The molecule has 6 heteroatoms. The molecule has 1 saturated heterocycles. The summed E-state index contributed by atoms with van der Waals surface area (Å²) in [5, 5.41) is -0.379. The molecule has 0 N–H and O–H groups in total. The van der Waals surface area contributed by atoms with Gasteiger partial charge in [0.2, 0.25) is 0 Å². The lowest BCUT2D eigenvalue weighted by Gasteiger charge is -2.32. The molecular weight excluding hydrogens is 287 g/mol. The monoisotopic (exact) mass is 312 g/mol. The molecule has 0 radical (unpaired) electrons. The van der Waals surface area contributed by atoms with Crippen LogP contribution in [0.15, 0.2) is 22.5 Å². The predicted molar refractivity (Wildman–Crippen MR) is 85.5 cm³/mol. The van der Waals surface area contributed by atoms with Crippen molar-refractivity contribution < 1.29 is 17.7 Å². The Bertz CT molecular complexity index is 569. The first-order chi connectivity index (χ1) is 9.47. The molecule has 1 aliphatic heterocycles. The SMILES string of the molecule is CC(C)S(=O)(=O)C1=CC=C(B2OC(C)(C)C(C)(C)O2)CC1. The lowest BCUT2D eigenvalue weighted by Crippen LogP contribution is -2.41. The van der Waals surface area contributed by atoms with Crippen molar-refractivity contribution in [2.75, 3.05) is 0 Å². The molecule has 1 fully saturated rings. The largest absolute Gasteiger partial charge is 0.490 e. The lowest BCUT2D eigenvalue weighted by atomic mass is 9.74. The first-order valence-corrected chi connectivity index (χ1v) is 9.01. The van der Waals surface area contributed by atoms with Gasteiger partial charge in [-0.1, -0.05) is 6.08 Å². The van der Waals surface area contributed by atoms with Crippen molar-refractivity contribution in [3.05, 3.63) is 22.5 Å². The van der Waals surface area contributed by atoms with Crippen LogP contribution in [0.25, 0.3) is 0 Å². The fraction of sp³-hybridized carbons (Fsp3) is 0.733. The zero-order valence-electron chi connectivity index (χ0n) is 13.8. The number of allylic oxidation sites excluding steroid dienone is 4. The van der Waals surface area contributed by atoms with E-state index in [1.165, 1.54) is 0 Å². The highest BCUT2D eigenvalue weighted by atomic mass is 32.2. The van der Waals surface area contributed by atoms with Crippen LogP contribution in [0.3, 0.4) is 0 Å². The Kier molecular flexibility index (Phi) is 4.19. The van der Waals surface area contributed by atoms with Crippen LogP contribution in [0.2, 0.25) is 0 Å². The number of sulfone groups is 1. The van der Waals surface area contributed by atoms with Crippen LogP contribution >= 0.6 is 0 Å². The van der Waals surface area contributed by atoms with Crippen LogP contribution in [0.4, 0.5) is 0 Å². The molecule has 0 unspecified atom stereocenters. The van der Waals surface area contributed by atoms with E-state index in [1.54, 1.807) is 19.9 Å². The summed E-state index contributed by atoms with van der Waals surface area (Å²) in [4.78, 5) is 0.512. The summed E-state index contributed by atoms with van der Waals surface area (Å²) in [5.41, 5.74) is 0.273. The molecule has 0 bridgehead atoms. The highest BCUT2D eigenvalue weighted by molar-refractivity contribution is 7.95. The van der Waals surface area contributed by atoms with Gasteiger partial charge in [-0.15, -0.1) is 0 Å². The van der Waals surface area contributed by atoms with E-state index in [-0.39, 0.29) is 23.6 Å². The fourth-order valence-corrected chi connectivity index (χ4v) is 3.61. The second-order valence-corrected chi connectivity index (χ2v) is 9.61. The normalized spacial score (nSPS) is 25.0. The summed E-state index contributed by atoms with van der Waals surface area (Å²) in [6, 6.07) is 0. The summed E-state index contributed by atoms with van der Waals surface area (Å²) in [6.07, 6.45) is 4.74. The summed E-state index contributed by atoms with van der Waals surface area (Å²) in [6.45, 7) is 11.5. The van der Waals surface area contributed by atoms with Crippen LogP contribution in [-0.2, 0) is 19.1 Å². The van der Waals surface area contributed by atoms with Crippen LogP contribution in [0.5, 0.6) is 0 Å². The van der Waals surface area contributed by atoms with Gasteiger partial charge < -0.3 is 9.31 Å². The van der Waals surface area contributed by atoms with E-state index in [4.69, 9.17) is 9.31 Å². The van der Waals surface area contributed by atoms with Crippen molar-refractivity contribution in [3.8, 4) is 0 Å². The molecule has 0 amide bonds. The van der Waals surface area contributed by atoms with E-state index >= 15 is 0 Å². The second kappa shape index (κ2) is 5.25. The lowest BCUT2D eigenvalue weighted by molar-refractivity contribution is 0.00578. The predicted octanol–water partition coefficient (Wildman–Crippen LogP) is 3.05. The third-order valence-corrected chi connectivity index (χ3v) is 7.00. The summed E-state index contributed by atoms with van der Waals surface area (Å²) >= 11 is 0. The first kappa shape index (κ1) is 16.8. The highest BCUT2D eigenvalue weighted by Crippen LogP contribution is 2.40. The van der Waals surface area contributed by atoms with Gasteiger partial charge in [-0.25, -0.2) is 8.42 Å². The van der Waals surface area contributed by atoms with Gasteiger partial charge in [0.05, 0.1) is 16.5 Å². The topological polar surface area (TPSA) is 52.6 Å². The molecule has 0 spiro atoms. The van der Waals surface area contributed by atoms with Gasteiger partial charge in [0.15, 0.2) is 9.84 Å². The molecule has 2 rings (SSSR count). The van der Waals surface area contributed by atoms with E-state index in [2.05, 4.69) is 0 Å². The minimum Gasteiger partial charge on any atom is -0.400 e. The minimum absolute atomic E-state index is 0.369. The number of hydrogen-bond donors (Lipinski definition) is 0. The van der Waals surface area contributed by atoms with Crippen molar-refractivity contribution in [2.45, 2.75) is 70.8 Å². The van der Waals surface area contributed by atoms with Crippen molar-refractivity contribution in [1.82, 2.24) is 0 Å². The molecule has 1 heterocycles. The zero-order chi connectivity index (χ0) is 16.1. The molecule has 4 nitrogen and oxygen atoms in total. The van der Waals surface area contributed by atoms with Gasteiger partial charge in [0.1, 0.15) is 0 Å². The van der Waals surface area contributed by atoms with Gasteiger partial charge >= 0.3 is 7.12 Å². The maximum Gasteiger partial charge on any atom is 0.490 e. The smallest absolute Gasteiger partial charge is 0.400 e. The molecule has 0 saturated carbocycles. The molecule has 0 aromatic rings. The molecule has 0 aromatic heterocycles. The van der Waals surface area contributed by atoms with E-state index in [9.17, 15) is 8.42 Å². The Morgan fingerprint density at radius 3 is 1.95 bits per heavy atom. The molecule has 1 aliphatic carbocycles. The van der Waals surface area contributed by atoms with E-state index in [0.717, 1.165) is 5.47 Å². The Balaban J connectivity index is 2.20. The van der Waals surface area contributed by atoms with Crippen molar-refractivity contribution in [2.24, 2.45) is 0 Å². The highest BCUT2D eigenvalue weighted by Gasteiger charge is 2.52. The Morgan fingerprint density at radius 2 is 1.57 bits per heavy atom. The zero-order valence-corrected chi connectivity index (χ0v) is 14.6. The third kappa shape index (κ3) is 2.98. The third-order valence-electron chi connectivity index (χ3n) is 4.69. The quantitative estimate of drug-likeness (QED) is 0.752. The summed E-state index contributed by atoms with van der Waals surface area (Å²) < 4.78 is 36.3. The standard InChI is InChI=1S/C15H25BO4S/c1-11(2)21(17,18)13-9-7-12(8-10-13)16-19-14(3,4)15(5,6)20-16/h7,9,11H,8,10H2,1-6H3. The molecular formula is C15H25BO4S. The summed E-state index contributed by atoms with van der Waals surface area (Å²) in [7, 11) is -3.54. The molecule has 2 aliphatic rings. The Morgan fingerprint density at radius 1 is 1.05 bits per heavy atom. The molecule has 0 aromatic carbocycles. The minimum atomic E-state index is -3.16. The average molecular weight is 312 g/mol. The van der Waals surface area contributed by atoms with Crippen LogP contribution in [0.1, 0.15) is 54.4 Å². The summed E-state index contributed by atoms with van der Waals surface area (Å²) in [5.74, 6) is 0. The molecule has 21 heavy (non-hydrogen) atoms. The van der Waals surface area contributed by atoms with Crippen LogP contribution in [-0.4, -0.2) is 32.0 Å². The van der Waals surface area contributed by atoms with Crippen molar-refractivity contribution >= 4 is 17.0 Å². The van der Waals surface area contributed by atoms with Gasteiger partial charge in [0.25, 0.3) is 0 Å². The van der Waals surface area contributed by atoms with Crippen molar-refractivity contribution in [3.63, 3.8) is 0 Å². The number of hydrogen-bond acceptors (Lipinski definition) is 4. The maximum absolute atomic E-state index is 12.2. The van der Waals surface area contributed by atoms with Gasteiger partial charge in [-0.3, -0.25) is 0 Å². The Labute approximate surface area is 128 Å². The van der Waals surface area contributed by atoms with E-state index in [1.807, 2.05) is 33.8 Å². The van der Waals surface area contributed by atoms with E-state index < -0.39 is 9.84 Å². The van der Waals surface area contributed by atoms with Crippen LogP contribution in [0, 0.1) is 0 Å². The first-order valence-electron chi connectivity index (χ1n) is 7.46. The van der Waals surface area contributed by atoms with Gasteiger partial charge in [0, 0.05) is 4.91 Å². The maximum atomic E-state index is 12.2. The van der Waals surface area contributed by atoms with Gasteiger partial charge in [-0.2, -0.15) is 0 Å². The van der Waals surface area contributed by atoms with Crippen LogP contribution < -0.4 is 0 Å². The fourth-order valence-electron chi connectivity index (χ4n) is 2.36. The second-order valence-electron chi connectivity index (χ2n) is 7.06. The average Bonchev–Trinajstić information content (AvgIpc) is 2.58. The number of rotatable bonds is 3. The molecule has 118 valence electrons. The van der Waals surface area contributed by atoms with Gasteiger partial charge in [-0.05, 0) is 65.9 Å². The molecule has 0 atom stereocenters. The Hall–Kier alpha value is -0.585. The van der Waals surface area contributed by atoms with E-state index in [0.29, 0.717) is 17.7 Å². The van der Waals surface area contributed by atoms with Crippen molar-refractivity contribution in [1.29, 1.82) is 0 Å².